The highest BCUT2D eigenvalue weighted by molar-refractivity contribution is 5.95. The zero-order chi connectivity index (χ0) is 28.0. The fraction of sp³-hybridized carbons (Fsp3) is 0.500. The predicted molar refractivity (Wildman–Crippen MR) is 139 cm³/mol. The highest BCUT2D eigenvalue weighted by Crippen LogP contribution is 2.21. The summed E-state index contributed by atoms with van der Waals surface area (Å²) in [5.41, 5.74) is 12.5. The number of aromatic nitrogens is 1. The Bertz CT molecular complexity index is 1190. The molecule has 4 amide bonds. The molecule has 1 aromatic carbocycles. The standard InChI is InChI=1S/C26H36N6O6/c1-14(2)10-19(30-24(35)21-8-5-9-32(21)25(36)17(27)12-22(28)33)23(34)31-20(26(37)38)11-15-13-29-18-7-4-3-6-16(15)18/h3-4,6-7,13-14,17,19-21,29H,5,8-12,27H2,1-2H3,(H2,28,33)(H,30,35)(H,31,34)(H,37,38). The lowest BCUT2D eigenvalue weighted by atomic mass is 10.0. The van der Waals surface area contributed by atoms with Crippen LogP contribution in [0.4, 0.5) is 0 Å². The van der Waals surface area contributed by atoms with Gasteiger partial charge in [0.2, 0.25) is 23.6 Å². The lowest BCUT2D eigenvalue weighted by Crippen LogP contribution is -2.57. The number of aromatic amines is 1. The van der Waals surface area contributed by atoms with Gasteiger partial charge in [0.15, 0.2) is 0 Å². The van der Waals surface area contributed by atoms with E-state index in [4.69, 9.17) is 11.5 Å². The predicted octanol–water partition coefficient (Wildman–Crippen LogP) is 0.00440. The van der Waals surface area contributed by atoms with Crippen LogP contribution in [0.2, 0.25) is 0 Å². The molecule has 0 bridgehead atoms. The molecule has 0 radical (unpaired) electrons. The average Bonchev–Trinajstić information content (AvgIpc) is 3.49. The molecular weight excluding hydrogens is 492 g/mol. The molecule has 4 unspecified atom stereocenters. The van der Waals surface area contributed by atoms with E-state index in [1.165, 1.54) is 4.90 Å². The smallest absolute Gasteiger partial charge is 0.326 e. The molecule has 1 aromatic heterocycles. The second-order valence-corrected chi connectivity index (χ2v) is 10.1. The number of H-pyrrole nitrogens is 1. The molecule has 1 aliphatic rings. The number of nitrogens with one attached hydrogen (secondary N) is 3. The van der Waals surface area contributed by atoms with E-state index in [-0.39, 0.29) is 31.7 Å². The SMILES string of the molecule is CC(C)CC(NC(=O)C1CCCN1C(=O)C(N)CC(N)=O)C(=O)NC(Cc1c[nH]c2ccccc12)C(=O)O. The number of benzene rings is 1. The normalized spacial score (nSPS) is 17.7. The van der Waals surface area contributed by atoms with Crippen LogP contribution in [0, 0.1) is 5.92 Å². The van der Waals surface area contributed by atoms with E-state index < -0.39 is 53.8 Å². The minimum absolute atomic E-state index is 0.00764. The number of fused-ring (bicyclic) bond motifs is 1. The van der Waals surface area contributed by atoms with Gasteiger partial charge in [0.05, 0.1) is 12.5 Å². The number of rotatable bonds is 12. The average molecular weight is 529 g/mol. The number of nitrogens with two attached hydrogens (primary N) is 2. The van der Waals surface area contributed by atoms with Crippen molar-refractivity contribution in [2.45, 2.75) is 70.1 Å². The van der Waals surface area contributed by atoms with Gasteiger partial charge in [-0.25, -0.2) is 4.79 Å². The van der Waals surface area contributed by atoms with E-state index in [1.54, 1.807) is 6.20 Å². The van der Waals surface area contributed by atoms with Gasteiger partial charge >= 0.3 is 5.97 Å². The van der Waals surface area contributed by atoms with Crippen molar-refractivity contribution in [3.05, 3.63) is 36.0 Å². The molecule has 38 heavy (non-hydrogen) atoms. The quantitative estimate of drug-likeness (QED) is 0.222. The Morgan fingerprint density at radius 1 is 1.13 bits per heavy atom. The van der Waals surface area contributed by atoms with Gasteiger partial charge in [0.1, 0.15) is 18.1 Å². The van der Waals surface area contributed by atoms with E-state index >= 15 is 0 Å². The molecule has 8 N–H and O–H groups in total. The Morgan fingerprint density at radius 2 is 1.84 bits per heavy atom. The summed E-state index contributed by atoms with van der Waals surface area (Å²) in [7, 11) is 0. The second kappa shape index (κ2) is 12.5. The van der Waals surface area contributed by atoms with Gasteiger partial charge in [-0.05, 0) is 36.8 Å². The van der Waals surface area contributed by atoms with Gasteiger partial charge in [-0.15, -0.1) is 0 Å². The zero-order valence-electron chi connectivity index (χ0n) is 21.6. The lowest BCUT2D eigenvalue weighted by molar-refractivity contribution is -0.143. The van der Waals surface area contributed by atoms with Crippen LogP contribution in [0.3, 0.4) is 0 Å². The largest absolute Gasteiger partial charge is 0.480 e. The molecule has 0 aliphatic carbocycles. The van der Waals surface area contributed by atoms with Crippen LogP contribution >= 0.6 is 0 Å². The van der Waals surface area contributed by atoms with Gasteiger partial charge in [0, 0.05) is 30.1 Å². The number of nitrogens with zero attached hydrogens (tertiary/aromatic N) is 1. The minimum atomic E-state index is -1.22. The first kappa shape index (κ1) is 28.6. The first-order valence-electron chi connectivity index (χ1n) is 12.7. The monoisotopic (exact) mass is 528 g/mol. The Morgan fingerprint density at radius 3 is 2.50 bits per heavy atom. The number of hydrogen-bond donors (Lipinski definition) is 6. The van der Waals surface area contributed by atoms with Crippen molar-refractivity contribution < 1.29 is 29.1 Å². The van der Waals surface area contributed by atoms with Gasteiger partial charge < -0.3 is 37.1 Å². The molecule has 12 nitrogen and oxygen atoms in total. The molecule has 1 saturated heterocycles. The van der Waals surface area contributed by atoms with E-state index in [2.05, 4.69) is 15.6 Å². The number of primary amides is 1. The van der Waals surface area contributed by atoms with E-state index in [1.807, 2.05) is 38.1 Å². The van der Waals surface area contributed by atoms with Crippen molar-refractivity contribution >= 4 is 40.5 Å². The van der Waals surface area contributed by atoms with Crippen molar-refractivity contribution in [1.82, 2.24) is 20.5 Å². The molecule has 1 aliphatic heterocycles. The van der Waals surface area contributed by atoms with Crippen molar-refractivity contribution in [2.75, 3.05) is 6.54 Å². The highest BCUT2D eigenvalue weighted by Gasteiger charge is 2.38. The fourth-order valence-electron chi connectivity index (χ4n) is 4.78. The molecule has 4 atom stereocenters. The molecular formula is C26H36N6O6. The number of carboxylic acids is 1. The Hall–Kier alpha value is -3.93. The summed E-state index contributed by atoms with van der Waals surface area (Å²) in [5, 5.41) is 16.0. The van der Waals surface area contributed by atoms with Crippen LogP contribution in [-0.4, -0.2) is 75.3 Å². The lowest BCUT2D eigenvalue weighted by Gasteiger charge is -2.29. The van der Waals surface area contributed by atoms with Crippen LogP contribution < -0.4 is 22.1 Å². The van der Waals surface area contributed by atoms with Crippen LogP contribution in [-0.2, 0) is 30.4 Å². The molecule has 12 heteroatoms. The maximum atomic E-state index is 13.2. The summed E-state index contributed by atoms with van der Waals surface area (Å²) < 4.78 is 0. The van der Waals surface area contributed by atoms with Crippen LogP contribution in [0.5, 0.6) is 0 Å². The Balaban J connectivity index is 1.71. The number of aliphatic carboxylic acids is 1. The molecule has 2 aromatic rings. The van der Waals surface area contributed by atoms with E-state index in [9.17, 15) is 29.1 Å². The number of carboxylic acid groups (broad SMARTS) is 1. The number of amides is 4. The van der Waals surface area contributed by atoms with E-state index in [0.29, 0.717) is 12.8 Å². The van der Waals surface area contributed by atoms with Gasteiger partial charge in [-0.3, -0.25) is 19.2 Å². The summed E-state index contributed by atoms with van der Waals surface area (Å²) >= 11 is 0. The summed E-state index contributed by atoms with van der Waals surface area (Å²) in [6.07, 6.45) is 2.62. The maximum absolute atomic E-state index is 13.2. The molecule has 3 rings (SSSR count). The van der Waals surface area contributed by atoms with Crippen molar-refractivity contribution in [1.29, 1.82) is 0 Å². The Kier molecular flexibility index (Phi) is 9.45. The molecule has 206 valence electrons. The molecule has 2 heterocycles. The Labute approximate surface area is 220 Å². The second-order valence-electron chi connectivity index (χ2n) is 10.1. The highest BCUT2D eigenvalue weighted by atomic mass is 16.4. The topological polar surface area (TPSA) is 201 Å². The number of para-hydroxylation sites is 1. The van der Waals surface area contributed by atoms with Crippen LogP contribution in [0.25, 0.3) is 10.9 Å². The van der Waals surface area contributed by atoms with Gasteiger partial charge in [-0.1, -0.05) is 32.0 Å². The fourth-order valence-corrected chi connectivity index (χ4v) is 4.78. The molecule has 0 spiro atoms. The van der Waals surface area contributed by atoms with Crippen molar-refractivity contribution in [3.8, 4) is 0 Å². The molecule has 0 saturated carbocycles. The first-order chi connectivity index (χ1) is 18.0. The number of hydrogen-bond acceptors (Lipinski definition) is 6. The number of carbonyl (C=O) groups is 5. The minimum Gasteiger partial charge on any atom is -0.480 e. The maximum Gasteiger partial charge on any atom is 0.326 e. The third-order valence-electron chi connectivity index (χ3n) is 6.63. The summed E-state index contributed by atoms with van der Waals surface area (Å²) in [6, 6.07) is 3.21. The zero-order valence-corrected chi connectivity index (χ0v) is 21.6. The van der Waals surface area contributed by atoms with Gasteiger partial charge in [0.25, 0.3) is 0 Å². The molecule has 1 fully saturated rings. The van der Waals surface area contributed by atoms with Crippen LogP contribution in [0.15, 0.2) is 30.5 Å². The number of likely N-dealkylation sites (tertiary alicyclic amines) is 1. The third kappa shape index (κ3) is 7.09. The van der Waals surface area contributed by atoms with E-state index in [0.717, 1.165) is 16.5 Å². The third-order valence-corrected chi connectivity index (χ3v) is 6.63. The van der Waals surface area contributed by atoms with Crippen LogP contribution in [0.1, 0.15) is 45.1 Å². The number of carbonyl (C=O) groups excluding carboxylic acids is 4. The van der Waals surface area contributed by atoms with Crippen molar-refractivity contribution in [2.24, 2.45) is 17.4 Å². The van der Waals surface area contributed by atoms with Gasteiger partial charge in [-0.2, -0.15) is 0 Å². The summed E-state index contributed by atoms with van der Waals surface area (Å²) in [5.74, 6) is -3.63. The van der Waals surface area contributed by atoms with Crippen molar-refractivity contribution in [3.63, 3.8) is 0 Å². The summed E-state index contributed by atoms with van der Waals surface area (Å²) in [4.78, 5) is 66.7. The summed E-state index contributed by atoms with van der Waals surface area (Å²) in [6.45, 7) is 4.04. The first-order valence-corrected chi connectivity index (χ1v) is 12.7.